The first-order chi connectivity index (χ1) is 7.77. The van der Waals surface area contributed by atoms with Gasteiger partial charge in [0.05, 0.1) is 5.39 Å². The molecule has 78 valence electrons. The third-order valence-electron chi connectivity index (χ3n) is 2.75. The van der Waals surface area contributed by atoms with Crippen LogP contribution in [0.25, 0.3) is 21.7 Å². The summed E-state index contributed by atoms with van der Waals surface area (Å²) in [5.74, 6) is 0.138. The van der Waals surface area contributed by atoms with E-state index < -0.39 is 0 Å². The number of phenols is 1. The number of fused-ring (bicyclic) bond motifs is 3. The molecular weight excluding hydrogens is 202 g/mol. The van der Waals surface area contributed by atoms with E-state index in [9.17, 15) is 10.3 Å². The Hall–Kier alpha value is -2.29. The Labute approximate surface area is 91.8 Å². The number of pyridine rings is 1. The molecule has 3 rings (SSSR count). The molecule has 0 saturated carbocycles. The fourth-order valence-electron chi connectivity index (χ4n) is 2.03. The Morgan fingerprint density at radius 3 is 2.56 bits per heavy atom. The number of aromatic nitrogens is 1. The summed E-state index contributed by atoms with van der Waals surface area (Å²) < 4.78 is 0.789. The molecule has 1 aromatic heterocycles. The van der Waals surface area contributed by atoms with Crippen molar-refractivity contribution in [2.24, 2.45) is 0 Å². The summed E-state index contributed by atoms with van der Waals surface area (Å²) in [7, 11) is 0. The van der Waals surface area contributed by atoms with Gasteiger partial charge >= 0.3 is 0 Å². The first-order valence-electron chi connectivity index (χ1n) is 5.00. The lowest BCUT2D eigenvalue weighted by molar-refractivity contribution is -0.576. The van der Waals surface area contributed by atoms with Crippen molar-refractivity contribution in [1.82, 2.24) is 0 Å². The second-order valence-electron chi connectivity index (χ2n) is 3.71. The van der Waals surface area contributed by atoms with Gasteiger partial charge in [-0.3, -0.25) is 0 Å². The summed E-state index contributed by atoms with van der Waals surface area (Å²) >= 11 is 0. The van der Waals surface area contributed by atoms with Gasteiger partial charge in [0.2, 0.25) is 5.52 Å². The van der Waals surface area contributed by atoms with Gasteiger partial charge in [0.1, 0.15) is 5.75 Å². The molecule has 0 aliphatic rings. The van der Waals surface area contributed by atoms with Gasteiger partial charge in [-0.25, -0.2) is 0 Å². The van der Waals surface area contributed by atoms with E-state index in [4.69, 9.17) is 0 Å². The number of benzene rings is 2. The van der Waals surface area contributed by atoms with Crippen molar-refractivity contribution < 1.29 is 9.84 Å². The maximum Gasteiger partial charge on any atom is 0.235 e. The van der Waals surface area contributed by atoms with Crippen molar-refractivity contribution in [2.45, 2.75) is 0 Å². The molecule has 0 aliphatic carbocycles. The minimum absolute atomic E-state index is 0.138. The molecule has 1 N–H and O–H groups in total. The van der Waals surface area contributed by atoms with Crippen LogP contribution < -0.4 is 4.73 Å². The molecule has 0 saturated heterocycles. The van der Waals surface area contributed by atoms with Crippen molar-refractivity contribution in [3.63, 3.8) is 0 Å². The van der Waals surface area contributed by atoms with Gasteiger partial charge in [0.25, 0.3) is 0 Å². The third-order valence-corrected chi connectivity index (χ3v) is 2.75. The molecule has 0 aliphatic heterocycles. The number of aromatic hydroxyl groups is 1. The van der Waals surface area contributed by atoms with Gasteiger partial charge in [0.15, 0.2) is 6.20 Å². The van der Waals surface area contributed by atoms with E-state index >= 15 is 0 Å². The predicted molar refractivity (Wildman–Crippen MR) is 62.1 cm³/mol. The fourth-order valence-corrected chi connectivity index (χ4v) is 2.03. The van der Waals surface area contributed by atoms with Crippen LogP contribution in [0.4, 0.5) is 0 Å². The quantitative estimate of drug-likeness (QED) is 0.352. The van der Waals surface area contributed by atoms with Crippen LogP contribution >= 0.6 is 0 Å². The summed E-state index contributed by atoms with van der Waals surface area (Å²) in [6.45, 7) is 0. The highest BCUT2D eigenvalue weighted by atomic mass is 16.5. The largest absolute Gasteiger partial charge is 0.618 e. The van der Waals surface area contributed by atoms with Crippen LogP contribution in [0.15, 0.2) is 48.7 Å². The van der Waals surface area contributed by atoms with Crippen LogP contribution in [0, 0.1) is 5.21 Å². The normalized spacial score (nSPS) is 11.0. The molecule has 0 unspecified atom stereocenters. The molecule has 0 atom stereocenters. The molecule has 0 radical (unpaired) electrons. The van der Waals surface area contributed by atoms with Crippen LogP contribution in [0.5, 0.6) is 5.75 Å². The van der Waals surface area contributed by atoms with E-state index in [0.29, 0.717) is 10.9 Å². The summed E-state index contributed by atoms with van der Waals surface area (Å²) in [5.41, 5.74) is 0.512. The van der Waals surface area contributed by atoms with E-state index in [1.807, 2.05) is 24.3 Å². The van der Waals surface area contributed by atoms with Gasteiger partial charge in [-0.15, -0.1) is 0 Å². The van der Waals surface area contributed by atoms with Crippen LogP contribution in [-0.2, 0) is 0 Å². The molecule has 0 amide bonds. The first kappa shape index (κ1) is 8.97. The highest BCUT2D eigenvalue weighted by Crippen LogP contribution is 2.29. The Morgan fingerprint density at radius 2 is 1.69 bits per heavy atom. The van der Waals surface area contributed by atoms with Crippen molar-refractivity contribution >= 4 is 21.7 Å². The molecule has 0 bridgehead atoms. The predicted octanol–water partition coefficient (Wildman–Crippen LogP) is 2.33. The van der Waals surface area contributed by atoms with Crippen LogP contribution in [0.3, 0.4) is 0 Å². The molecule has 3 heteroatoms. The molecular formula is C13H9NO2. The Morgan fingerprint density at radius 1 is 0.938 bits per heavy atom. The zero-order valence-corrected chi connectivity index (χ0v) is 8.42. The second-order valence-corrected chi connectivity index (χ2v) is 3.71. The first-order valence-corrected chi connectivity index (χ1v) is 5.00. The Kier molecular flexibility index (Phi) is 1.74. The number of hydrogen-bond donors (Lipinski definition) is 1. The second kappa shape index (κ2) is 3.10. The monoisotopic (exact) mass is 211 g/mol. The molecule has 0 spiro atoms. The van der Waals surface area contributed by atoms with Crippen molar-refractivity contribution in [2.75, 3.05) is 0 Å². The lowest BCUT2D eigenvalue weighted by atomic mass is 10.1. The van der Waals surface area contributed by atoms with E-state index in [-0.39, 0.29) is 5.75 Å². The van der Waals surface area contributed by atoms with Crippen LogP contribution in [0.2, 0.25) is 0 Å². The van der Waals surface area contributed by atoms with Crippen molar-refractivity contribution in [3.8, 4) is 5.75 Å². The van der Waals surface area contributed by atoms with Crippen molar-refractivity contribution in [3.05, 3.63) is 53.9 Å². The molecule has 16 heavy (non-hydrogen) atoms. The Bertz CT molecular complexity index is 631. The highest BCUT2D eigenvalue weighted by Gasteiger charge is 2.11. The lowest BCUT2D eigenvalue weighted by Crippen LogP contribution is -2.25. The van der Waals surface area contributed by atoms with Crippen LogP contribution in [0.1, 0.15) is 0 Å². The maximum absolute atomic E-state index is 11.8. The van der Waals surface area contributed by atoms with Gasteiger partial charge < -0.3 is 10.3 Å². The summed E-state index contributed by atoms with van der Waals surface area (Å²) in [4.78, 5) is 0. The standard InChI is InChI=1S/C13H9NO2/c15-11-5-1-3-9-6-7-10-4-2-8-14(16)13(10)12(9)11/h1-8,15H. The minimum Gasteiger partial charge on any atom is -0.618 e. The summed E-state index contributed by atoms with van der Waals surface area (Å²) in [6, 6.07) is 12.6. The average molecular weight is 211 g/mol. The topological polar surface area (TPSA) is 47.2 Å². The zero-order valence-electron chi connectivity index (χ0n) is 8.42. The van der Waals surface area contributed by atoms with E-state index in [1.54, 1.807) is 18.2 Å². The molecule has 3 aromatic rings. The van der Waals surface area contributed by atoms with E-state index in [0.717, 1.165) is 15.5 Å². The molecule has 1 heterocycles. The SMILES string of the molecule is [O-][n+]1cccc2ccc3cccc(O)c3c21. The minimum atomic E-state index is 0.138. The van der Waals surface area contributed by atoms with Gasteiger partial charge in [-0.1, -0.05) is 18.2 Å². The zero-order chi connectivity index (χ0) is 11.1. The van der Waals surface area contributed by atoms with E-state index in [2.05, 4.69) is 0 Å². The van der Waals surface area contributed by atoms with Gasteiger partial charge in [0, 0.05) is 11.5 Å². The Balaban J connectivity index is 2.67. The molecule has 3 nitrogen and oxygen atoms in total. The summed E-state index contributed by atoms with van der Waals surface area (Å²) in [5, 5.41) is 23.9. The molecule has 2 aromatic carbocycles. The number of rotatable bonds is 0. The van der Waals surface area contributed by atoms with Gasteiger partial charge in [-0.05, 0) is 23.6 Å². The maximum atomic E-state index is 11.8. The average Bonchev–Trinajstić information content (AvgIpc) is 2.29. The third kappa shape index (κ3) is 1.11. The summed E-state index contributed by atoms with van der Waals surface area (Å²) in [6.07, 6.45) is 1.44. The lowest BCUT2D eigenvalue weighted by Gasteiger charge is -2.05. The molecule has 0 fully saturated rings. The van der Waals surface area contributed by atoms with Gasteiger partial charge in [-0.2, -0.15) is 4.73 Å². The smallest absolute Gasteiger partial charge is 0.235 e. The van der Waals surface area contributed by atoms with Crippen molar-refractivity contribution in [1.29, 1.82) is 0 Å². The number of hydrogen-bond acceptors (Lipinski definition) is 2. The number of nitrogens with zero attached hydrogens (tertiary/aromatic N) is 1. The fraction of sp³-hybridized carbons (Fsp3) is 0. The highest BCUT2D eigenvalue weighted by molar-refractivity contribution is 6.06. The van der Waals surface area contributed by atoms with Crippen LogP contribution in [-0.4, -0.2) is 5.11 Å². The van der Waals surface area contributed by atoms with E-state index in [1.165, 1.54) is 6.20 Å². The number of phenolic OH excluding ortho intramolecular Hbond substituents is 1.